The molecule has 10 rings (SSSR count). The smallest absolute Gasteiger partial charge is 0.0470 e. The lowest BCUT2D eigenvalue weighted by Gasteiger charge is -2.37. The largest absolute Gasteiger partial charge is 0.310 e. The van der Waals surface area contributed by atoms with E-state index in [0.29, 0.717) is 0 Å². The molecule has 0 radical (unpaired) electrons. The van der Waals surface area contributed by atoms with E-state index in [2.05, 4.69) is 176 Å². The molecular weight excluding hydrogens is 639 g/mol. The molecule has 0 heterocycles. The van der Waals surface area contributed by atoms with Crippen molar-refractivity contribution in [2.45, 2.75) is 103 Å². The number of anilines is 3. The molecule has 1 nitrogen and oxygen atoms in total. The van der Waals surface area contributed by atoms with Gasteiger partial charge in [-0.3, -0.25) is 0 Å². The molecule has 0 N–H and O–H groups in total. The van der Waals surface area contributed by atoms with Crippen LogP contribution < -0.4 is 4.90 Å². The summed E-state index contributed by atoms with van der Waals surface area (Å²) < 4.78 is 0. The third kappa shape index (κ3) is 4.68. The Labute approximate surface area is 317 Å². The lowest BCUT2D eigenvalue weighted by Crippen LogP contribution is -2.32. The predicted molar refractivity (Wildman–Crippen MR) is 225 cm³/mol. The molecule has 2 saturated carbocycles. The highest BCUT2D eigenvalue weighted by atomic mass is 15.1. The summed E-state index contributed by atoms with van der Waals surface area (Å²) in [6, 6.07) is 45.3. The molecule has 2 fully saturated rings. The molecular formula is C52H53N. The van der Waals surface area contributed by atoms with Crippen molar-refractivity contribution in [1.29, 1.82) is 0 Å². The zero-order valence-corrected chi connectivity index (χ0v) is 32.9. The van der Waals surface area contributed by atoms with Crippen LogP contribution in [0.15, 0.2) is 115 Å². The van der Waals surface area contributed by atoms with Gasteiger partial charge in [-0.05, 0) is 145 Å². The van der Waals surface area contributed by atoms with Gasteiger partial charge in [-0.1, -0.05) is 141 Å². The van der Waals surface area contributed by atoms with Crippen LogP contribution in [-0.4, -0.2) is 0 Å². The van der Waals surface area contributed by atoms with Gasteiger partial charge in [-0.15, -0.1) is 0 Å². The third-order valence-electron chi connectivity index (χ3n) is 14.0. The standard InChI is InChI=1S/C52H53N/c1-49(2,3)34-20-18-33-26-38(30-46(43(33)27-34)50(4,5)6)53(36-21-23-41-39-13-9-11-15-44(39)51(7,8)47(41)28-36)37-22-24-42-40-14-10-12-16-45(40)52(48(42)29-37)31-32-17-19-35(52)25-32/h9-16,18,20-24,26-30,32,35H,17,19,25,31H2,1-8H3. The van der Waals surface area contributed by atoms with Crippen molar-refractivity contribution in [2.24, 2.45) is 11.8 Å². The van der Waals surface area contributed by atoms with Crippen molar-refractivity contribution < 1.29 is 0 Å². The van der Waals surface area contributed by atoms with Crippen LogP contribution in [0.5, 0.6) is 0 Å². The SMILES string of the molecule is CC(C)(C)c1ccc2cc(N(c3ccc4c(c3)C(C)(C)c3ccccc3-4)c3ccc4c(c3)C3(CC5CCC3C5)c3ccccc3-4)cc(C(C)(C)C)c2c1. The van der Waals surface area contributed by atoms with Crippen molar-refractivity contribution >= 4 is 27.8 Å². The molecule has 2 bridgehead atoms. The van der Waals surface area contributed by atoms with E-state index in [0.717, 1.165) is 11.8 Å². The summed E-state index contributed by atoms with van der Waals surface area (Å²) in [5, 5.41) is 2.67. The first-order valence-corrected chi connectivity index (χ1v) is 20.1. The molecule has 0 aromatic heterocycles. The Morgan fingerprint density at radius 2 is 1.17 bits per heavy atom. The van der Waals surface area contributed by atoms with E-state index < -0.39 is 0 Å². The van der Waals surface area contributed by atoms with Gasteiger partial charge in [-0.2, -0.15) is 0 Å². The highest BCUT2D eigenvalue weighted by molar-refractivity contribution is 5.95. The minimum absolute atomic E-state index is 0.0370. The Kier molecular flexibility index (Phi) is 6.83. The first-order valence-electron chi connectivity index (χ1n) is 20.1. The second-order valence-corrected chi connectivity index (χ2v) is 19.5. The topological polar surface area (TPSA) is 3.24 Å². The van der Waals surface area contributed by atoms with Crippen molar-refractivity contribution in [3.8, 4) is 22.3 Å². The molecule has 4 aliphatic rings. The summed E-state index contributed by atoms with van der Waals surface area (Å²) in [5.41, 5.74) is 18.2. The first kappa shape index (κ1) is 33.0. The second-order valence-electron chi connectivity index (χ2n) is 19.5. The summed E-state index contributed by atoms with van der Waals surface area (Å²) in [4.78, 5) is 2.59. The molecule has 0 aliphatic heterocycles. The molecule has 1 heteroatoms. The summed E-state index contributed by atoms with van der Waals surface area (Å²) in [7, 11) is 0. The van der Waals surface area contributed by atoms with Crippen LogP contribution in [0.4, 0.5) is 17.1 Å². The molecule has 6 aromatic rings. The average molecular weight is 692 g/mol. The maximum atomic E-state index is 2.62. The summed E-state index contributed by atoms with van der Waals surface area (Å²) in [6.07, 6.45) is 5.41. The molecule has 0 saturated heterocycles. The van der Waals surface area contributed by atoms with Gasteiger partial charge in [0.05, 0.1) is 0 Å². The van der Waals surface area contributed by atoms with E-state index in [1.54, 1.807) is 11.1 Å². The normalized spacial score (nSPS) is 21.9. The Hall–Kier alpha value is -4.62. The van der Waals surface area contributed by atoms with Gasteiger partial charge in [-0.25, -0.2) is 0 Å². The minimum atomic E-state index is -0.0797. The van der Waals surface area contributed by atoms with Crippen LogP contribution >= 0.6 is 0 Å². The summed E-state index contributed by atoms with van der Waals surface area (Å²) in [6.45, 7) is 18.9. The van der Waals surface area contributed by atoms with Crippen LogP contribution in [0.25, 0.3) is 33.0 Å². The zero-order valence-electron chi connectivity index (χ0n) is 32.9. The maximum Gasteiger partial charge on any atom is 0.0470 e. The third-order valence-corrected chi connectivity index (χ3v) is 14.0. The van der Waals surface area contributed by atoms with Crippen molar-refractivity contribution in [2.75, 3.05) is 4.90 Å². The van der Waals surface area contributed by atoms with E-state index in [-0.39, 0.29) is 21.7 Å². The molecule has 4 aliphatic carbocycles. The number of hydrogen-bond acceptors (Lipinski definition) is 1. The Balaban J connectivity index is 1.22. The fourth-order valence-corrected chi connectivity index (χ4v) is 11.4. The first-order chi connectivity index (χ1) is 25.2. The van der Waals surface area contributed by atoms with E-state index in [1.165, 1.54) is 98.0 Å². The number of fused-ring (bicyclic) bond motifs is 12. The Bertz CT molecular complexity index is 2480. The predicted octanol–water partition coefficient (Wildman–Crippen LogP) is 14.3. The number of benzene rings is 6. The maximum absolute atomic E-state index is 2.62. The Morgan fingerprint density at radius 3 is 1.81 bits per heavy atom. The van der Waals surface area contributed by atoms with Gasteiger partial charge in [0.1, 0.15) is 0 Å². The number of hydrogen-bond donors (Lipinski definition) is 0. The Morgan fingerprint density at radius 1 is 0.547 bits per heavy atom. The monoisotopic (exact) mass is 691 g/mol. The van der Waals surface area contributed by atoms with E-state index in [9.17, 15) is 0 Å². The van der Waals surface area contributed by atoms with E-state index >= 15 is 0 Å². The summed E-state index contributed by atoms with van der Waals surface area (Å²) >= 11 is 0. The second kappa shape index (κ2) is 11.0. The van der Waals surface area contributed by atoms with Gasteiger partial charge in [0, 0.05) is 27.9 Å². The van der Waals surface area contributed by atoms with Gasteiger partial charge in [0.25, 0.3) is 0 Å². The minimum Gasteiger partial charge on any atom is -0.310 e. The van der Waals surface area contributed by atoms with Gasteiger partial charge in [0.2, 0.25) is 0 Å². The lowest BCUT2D eigenvalue weighted by atomic mass is 9.67. The highest BCUT2D eigenvalue weighted by Crippen LogP contribution is 2.66. The number of nitrogens with zero attached hydrogens (tertiary/aromatic N) is 1. The van der Waals surface area contributed by atoms with Crippen LogP contribution in [0, 0.1) is 11.8 Å². The van der Waals surface area contributed by atoms with Crippen LogP contribution in [0.3, 0.4) is 0 Å². The van der Waals surface area contributed by atoms with Gasteiger partial charge >= 0.3 is 0 Å². The van der Waals surface area contributed by atoms with E-state index in [4.69, 9.17) is 0 Å². The molecule has 53 heavy (non-hydrogen) atoms. The molecule has 1 spiro atoms. The fourth-order valence-electron chi connectivity index (χ4n) is 11.4. The summed E-state index contributed by atoms with van der Waals surface area (Å²) in [5.74, 6) is 1.57. The van der Waals surface area contributed by atoms with Crippen LogP contribution in [0.1, 0.15) is 114 Å². The van der Waals surface area contributed by atoms with Crippen LogP contribution in [-0.2, 0) is 21.7 Å². The molecule has 266 valence electrons. The van der Waals surface area contributed by atoms with Gasteiger partial charge < -0.3 is 4.90 Å². The van der Waals surface area contributed by atoms with Crippen molar-refractivity contribution in [3.05, 3.63) is 149 Å². The average Bonchev–Trinajstić information content (AvgIpc) is 3.87. The quantitative estimate of drug-likeness (QED) is 0.179. The zero-order chi connectivity index (χ0) is 36.7. The molecule has 0 amide bonds. The fraction of sp³-hybridized carbons (Fsp3) is 0.346. The lowest BCUT2D eigenvalue weighted by molar-refractivity contribution is 0.327. The van der Waals surface area contributed by atoms with Crippen molar-refractivity contribution in [1.82, 2.24) is 0 Å². The van der Waals surface area contributed by atoms with Crippen LogP contribution in [0.2, 0.25) is 0 Å². The van der Waals surface area contributed by atoms with E-state index in [1.807, 2.05) is 0 Å². The number of rotatable bonds is 3. The highest BCUT2D eigenvalue weighted by Gasteiger charge is 2.56. The van der Waals surface area contributed by atoms with Crippen molar-refractivity contribution in [3.63, 3.8) is 0 Å². The molecule has 6 aromatic carbocycles. The molecule has 3 atom stereocenters. The molecule has 3 unspecified atom stereocenters. The van der Waals surface area contributed by atoms with Gasteiger partial charge in [0.15, 0.2) is 0 Å².